The fourth-order valence-corrected chi connectivity index (χ4v) is 1.50. The molecule has 1 N–H and O–H groups in total. The second-order valence-corrected chi connectivity index (χ2v) is 4.18. The van der Waals surface area contributed by atoms with Gasteiger partial charge in [0.15, 0.2) is 5.78 Å². The Morgan fingerprint density at radius 3 is 2.05 bits per heavy atom. The molecule has 2 unspecified atom stereocenters. The monoisotopic (exact) mass is 272 g/mol. The second kappa shape index (κ2) is 6.26. The summed E-state index contributed by atoms with van der Waals surface area (Å²) in [5.74, 6) is -2.97. The molecule has 0 bridgehead atoms. The van der Waals surface area contributed by atoms with E-state index in [-0.39, 0.29) is 17.1 Å². The SMILES string of the molecule is CC(C(=O)O)C(C)C(=O)c1ccc(OC(F)F)cc1. The molecule has 0 heterocycles. The molecule has 1 aromatic carbocycles. The highest BCUT2D eigenvalue weighted by atomic mass is 19.3. The van der Waals surface area contributed by atoms with Crippen molar-refractivity contribution in [3.63, 3.8) is 0 Å². The van der Waals surface area contributed by atoms with Gasteiger partial charge in [0.05, 0.1) is 5.92 Å². The smallest absolute Gasteiger partial charge is 0.387 e. The molecule has 1 aromatic rings. The van der Waals surface area contributed by atoms with Gasteiger partial charge in [-0.15, -0.1) is 0 Å². The Hall–Kier alpha value is -1.98. The van der Waals surface area contributed by atoms with Crippen LogP contribution in [0.15, 0.2) is 24.3 Å². The Kier molecular flexibility index (Phi) is 4.97. The number of carboxylic acid groups (broad SMARTS) is 1. The summed E-state index contributed by atoms with van der Waals surface area (Å²) >= 11 is 0. The lowest BCUT2D eigenvalue weighted by Gasteiger charge is -2.14. The van der Waals surface area contributed by atoms with Crippen LogP contribution in [0.3, 0.4) is 0 Å². The molecule has 0 aliphatic heterocycles. The van der Waals surface area contributed by atoms with Crippen LogP contribution in [0.2, 0.25) is 0 Å². The van der Waals surface area contributed by atoms with Crippen LogP contribution in [0.1, 0.15) is 24.2 Å². The van der Waals surface area contributed by atoms with Crippen molar-refractivity contribution in [2.24, 2.45) is 11.8 Å². The molecule has 1 rings (SSSR count). The van der Waals surface area contributed by atoms with E-state index in [0.29, 0.717) is 0 Å². The molecule has 0 saturated carbocycles. The van der Waals surface area contributed by atoms with Crippen LogP contribution >= 0.6 is 0 Å². The molecule has 6 heteroatoms. The first-order valence-electron chi connectivity index (χ1n) is 5.64. The fourth-order valence-electron chi connectivity index (χ4n) is 1.50. The molecule has 0 saturated heterocycles. The zero-order valence-corrected chi connectivity index (χ0v) is 10.5. The van der Waals surface area contributed by atoms with Crippen molar-refractivity contribution in [3.05, 3.63) is 29.8 Å². The summed E-state index contributed by atoms with van der Waals surface area (Å²) in [7, 11) is 0. The number of rotatable bonds is 6. The van der Waals surface area contributed by atoms with Crippen LogP contribution in [0.5, 0.6) is 5.75 Å². The second-order valence-electron chi connectivity index (χ2n) is 4.18. The molecular weight excluding hydrogens is 258 g/mol. The minimum atomic E-state index is -2.92. The molecule has 0 aliphatic rings. The average Bonchev–Trinajstić information content (AvgIpc) is 2.36. The summed E-state index contributed by atoms with van der Waals surface area (Å²) in [6.07, 6.45) is 0. The lowest BCUT2D eigenvalue weighted by atomic mass is 9.88. The van der Waals surface area contributed by atoms with E-state index < -0.39 is 24.4 Å². The molecule has 4 nitrogen and oxygen atoms in total. The molecule has 0 radical (unpaired) electrons. The number of carbonyl (C=O) groups is 2. The molecule has 19 heavy (non-hydrogen) atoms. The number of alkyl halides is 2. The number of carboxylic acids is 1. The zero-order chi connectivity index (χ0) is 14.6. The van der Waals surface area contributed by atoms with E-state index in [9.17, 15) is 18.4 Å². The Bertz CT molecular complexity index is 456. The van der Waals surface area contributed by atoms with Crippen molar-refractivity contribution in [3.8, 4) is 5.75 Å². The Balaban J connectivity index is 2.80. The van der Waals surface area contributed by atoms with Gasteiger partial charge in [-0.05, 0) is 24.3 Å². The van der Waals surface area contributed by atoms with Gasteiger partial charge in [0, 0.05) is 11.5 Å². The maximum Gasteiger partial charge on any atom is 0.387 e. The van der Waals surface area contributed by atoms with E-state index in [0.717, 1.165) is 0 Å². The third-order valence-corrected chi connectivity index (χ3v) is 2.92. The maximum absolute atomic E-state index is 12.0. The van der Waals surface area contributed by atoms with Gasteiger partial charge >= 0.3 is 12.6 Å². The molecule has 0 spiro atoms. The van der Waals surface area contributed by atoms with E-state index >= 15 is 0 Å². The minimum Gasteiger partial charge on any atom is -0.481 e. The van der Waals surface area contributed by atoms with Gasteiger partial charge in [-0.3, -0.25) is 9.59 Å². The summed E-state index contributed by atoms with van der Waals surface area (Å²) < 4.78 is 28.1. The highest BCUT2D eigenvalue weighted by molar-refractivity contribution is 5.99. The van der Waals surface area contributed by atoms with E-state index in [1.54, 1.807) is 0 Å². The summed E-state index contributed by atoms with van der Waals surface area (Å²) in [6, 6.07) is 5.17. The number of Topliss-reactive ketones (excluding diaryl/α,β-unsaturated/α-hetero) is 1. The Morgan fingerprint density at radius 2 is 1.63 bits per heavy atom. The lowest BCUT2D eigenvalue weighted by molar-refractivity contribution is -0.142. The first-order chi connectivity index (χ1) is 8.82. The van der Waals surface area contributed by atoms with Crippen molar-refractivity contribution >= 4 is 11.8 Å². The van der Waals surface area contributed by atoms with Gasteiger partial charge in [0.1, 0.15) is 5.75 Å². The largest absolute Gasteiger partial charge is 0.481 e. The molecular formula is C13H14F2O4. The first-order valence-corrected chi connectivity index (χ1v) is 5.64. The number of ketones is 1. The van der Waals surface area contributed by atoms with Gasteiger partial charge in [-0.25, -0.2) is 0 Å². The molecule has 104 valence electrons. The average molecular weight is 272 g/mol. The van der Waals surface area contributed by atoms with E-state index in [4.69, 9.17) is 5.11 Å². The van der Waals surface area contributed by atoms with Gasteiger partial charge in [0.25, 0.3) is 0 Å². The van der Waals surface area contributed by atoms with Crippen molar-refractivity contribution in [2.75, 3.05) is 0 Å². The molecule has 0 amide bonds. The van der Waals surface area contributed by atoms with Crippen molar-refractivity contribution in [2.45, 2.75) is 20.5 Å². The van der Waals surface area contributed by atoms with E-state index in [2.05, 4.69) is 4.74 Å². The lowest BCUT2D eigenvalue weighted by Crippen LogP contribution is -2.25. The van der Waals surface area contributed by atoms with Gasteiger partial charge in [0.2, 0.25) is 0 Å². The minimum absolute atomic E-state index is 0.0505. The predicted octanol–water partition coefficient (Wildman–Crippen LogP) is 2.83. The fraction of sp³-hybridized carbons (Fsp3) is 0.385. The third kappa shape index (κ3) is 4.01. The number of hydrogen-bond acceptors (Lipinski definition) is 3. The van der Waals surface area contributed by atoms with Gasteiger partial charge in [-0.1, -0.05) is 13.8 Å². The van der Waals surface area contributed by atoms with Crippen LogP contribution in [-0.4, -0.2) is 23.5 Å². The number of benzene rings is 1. The summed E-state index contributed by atoms with van der Waals surface area (Å²) in [5, 5.41) is 8.84. The molecule has 0 aromatic heterocycles. The number of hydrogen-bond donors (Lipinski definition) is 1. The van der Waals surface area contributed by atoms with Crippen LogP contribution in [0, 0.1) is 11.8 Å². The Morgan fingerprint density at radius 1 is 1.11 bits per heavy atom. The number of aliphatic carboxylic acids is 1. The van der Waals surface area contributed by atoms with E-state index in [1.165, 1.54) is 38.1 Å². The van der Waals surface area contributed by atoms with Crippen molar-refractivity contribution in [1.29, 1.82) is 0 Å². The van der Waals surface area contributed by atoms with Crippen LogP contribution in [0.4, 0.5) is 8.78 Å². The maximum atomic E-state index is 12.0. The van der Waals surface area contributed by atoms with Crippen LogP contribution < -0.4 is 4.74 Å². The highest BCUT2D eigenvalue weighted by Crippen LogP contribution is 2.20. The normalized spacial score (nSPS) is 13.9. The molecule has 0 fully saturated rings. The highest BCUT2D eigenvalue weighted by Gasteiger charge is 2.26. The molecule has 0 aliphatic carbocycles. The number of carbonyl (C=O) groups excluding carboxylic acids is 1. The quantitative estimate of drug-likeness (QED) is 0.809. The van der Waals surface area contributed by atoms with Crippen LogP contribution in [-0.2, 0) is 4.79 Å². The topological polar surface area (TPSA) is 63.6 Å². The van der Waals surface area contributed by atoms with Crippen molar-refractivity contribution < 1.29 is 28.2 Å². The Labute approximate surface area is 109 Å². The number of halogens is 2. The van der Waals surface area contributed by atoms with Gasteiger partial charge in [-0.2, -0.15) is 8.78 Å². The predicted molar refractivity (Wildman–Crippen MR) is 63.4 cm³/mol. The van der Waals surface area contributed by atoms with Crippen LogP contribution in [0.25, 0.3) is 0 Å². The zero-order valence-electron chi connectivity index (χ0n) is 10.5. The number of ether oxygens (including phenoxy) is 1. The van der Waals surface area contributed by atoms with Gasteiger partial charge < -0.3 is 9.84 Å². The molecule has 2 atom stereocenters. The standard InChI is InChI=1S/C13H14F2O4/c1-7(8(2)12(17)18)11(16)9-3-5-10(6-4-9)19-13(14)15/h3-8,13H,1-2H3,(H,17,18). The summed E-state index contributed by atoms with van der Waals surface area (Å²) in [5.41, 5.74) is 0.266. The summed E-state index contributed by atoms with van der Waals surface area (Å²) in [6.45, 7) is 0.0386. The summed E-state index contributed by atoms with van der Waals surface area (Å²) in [4.78, 5) is 22.8. The van der Waals surface area contributed by atoms with Crippen molar-refractivity contribution in [1.82, 2.24) is 0 Å². The van der Waals surface area contributed by atoms with E-state index in [1.807, 2.05) is 0 Å². The third-order valence-electron chi connectivity index (χ3n) is 2.92. The first kappa shape index (κ1) is 15.1.